The average Bonchev–Trinajstić information content (AvgIpc) is 3.36. The highest BCUT2D eigenvalue weighted by Gasteiger charge is 2.33. The van der Waals surface area contributed by atoms with Crippen LogP contribution in [0.25, 0.3) is 22.6 Å². The Balaban J connectivity index is 1.45. The molecule has 2 aromatic carbocycles. The van der Waals surface area contributed by atoms with Crippen LogP contribution >= 0.6 is 0 Å². The number of nitrogens with zero attached hydrogens (tertiary/aromatic N) is 2. The number of fused-ring (bicyclic) bond motifs is 1. The van der Waals surface area contributed by atoms with Gasteiger partial charge in [-0.25, -0.2) is 9.78 Å². The van der Waals surface area contributed by atoms with Crippen LogP contribution in [0.5, 0.6) is 0 Å². The molecule has 1 aliphatic rings. The third-order valence-corrected chi connectivity index (χ3v) is 4.84. The lowest BCUT2D eigenvalue weighted by Gasteiger charge is -2.24. The molecule has 4 rings (SSSR count). The second kappa shape index (κ2) is 7.72. The van der Waals surface area contributed by atoms with Crippen molar-refractivity contribution in [2.45, 2.75) is 25.8 Å². The fraction of sp³-hybridized carbons (Fsp3) is 0.286. The molecule has 0 aliphatic carbocycles. The summed E-state index contributed by atoms with van der Waals surface area (Å²) >= 11 is 0. The van der Waals surface area contributed by atoms with Crippen molar-refractivity contribution in [3.63, 3.8) is 0 Å². The van der Waals surface area contributed by atoms with Gasteiger partial charge in [0.15, 0.2) is 5.58 Å². The summed E-state index contributed by atoms with van der Waals surface area (Å²) in [6, 6.07) is 14.3. The first-order chi connectivity index (χ1) is 13.7. The number of para-hydroxylation sites is 2. The van der Waals surface area contributed by atoms with E-state index < -0.39 is 6.04 Å². The summed E-state index contributed by atoms with van der Waals surface area (Å²) in [5, 5.41) is 5.67. The highest BCUT2D eigenvalue weighted by atomic mass is 16.3. The minimum absolute atomic E-state index is 0.168. The Bertz CT molecular complexity index is 963. The summed E-state index contributed by atoms with van der Waals surface area (Å²) in [5.41, 5.74) is 3.05. The van der Waals surface area contributed by atoms with Crippen molar-refractivity contribution in [3.8, 4) is 11.5 Å². The van der Waals surface area contributed by atoms with E-state index in [0.29, 0.717) is 31.1 Å². The summed E-state index contributed by atoms with van der Waals surface area (Å²) in [6.45, 7) is 3.00. The maximum Gasteiger partial charge on any atom is 0.318 e. The molecule has 28 heavy (non-hydrogen) atoms. The van der Waals surface area contributed by atoms with Gasteiger partial charge in [-0.15, -0.1) is 0 Å². The van der Waals surface area contributed by atoms with Gasteiger partial charge in [-0.3, -0.25) is 4.79 Å². The maximum absolute atomic E-state index is 12.6. The minimum Gasteiger partial charge on any atom is -0.436 e. The Morgan fingerprint density at radius 1 is 1.18 bits per heavy atom. The number of carbonyl (C=O) groups is 2. The highest BCUT2D eigenvalue weighted by molar-refractivity contribution is 5.97. The molecule has 3 aromatic rings. The molecule has 1 atom stereocenters. The van der Waals surface area contributed by atoms with Gasteiger partial charge in [-0.1, -0.05) is 12.1 Å². The Kier molecular flexibility index (Phi) is 4.97. The summed E-state index contributed by atoms with van der Waals surface area (Å²) < 4.78 is 5.77. The number of amides is 3. The fourth-order valence-corrected chi connectivity index (χ4v) is 3.45. The summed E-state index contributed by atoms with van der Waals surface area (Å²) in [7, 11) is 0. The Morgan fingerprint density at radius 3 is 2.71 bits per heavy atom. The summed E-state index contributed by atoms with van der Waals surface area (Å²) in [4.78, 5) is 30.8. The Morgan fingerprint density at radius 2 is 1.96 bits per heavy atom. The number of benzene rings is 2. The quantitative estimate of drug-likeness (QED) is 0.726. The van der Waals surface area contributed by atoms with Gasteiger partial charge in [0, 0.05) is 24.3 Å². The molecular weight excluding hydrogens is 356 g/mol. The van der Waals surface area contributed by atoms with Gasteiger partial charge >= 0.3 is 6.03 Å². The second-order valence-corrected chi connectivity index (χ2v) is 6.74. The fourth-order valence-electron chi connectivity index (χ4n) is 3.45. The first-order valence-corrected chi connectivity index (χ1v) is 9.47. The van der Waals surface area contributed by atoms with E-state index in [1.165, 1.54) is 0 Å². The number of nitrogens with one attached hydrogen (secondary N) is 2. The third kappa shape index (κ3) is 3.55. The van der Waals surface area contributed by atoms with E-state index in [0.717, 1.165) is 23.1 Å². The monoisotopic (exact) mass is 378 g/mol. The molecule has 0 saturated carbocycles. The molecule has 0 bridgehead atoms. The average molecular weight is 378 g/mol. The van der Waals surface area contributed by atoms with E-state index in [1.807, 2.05) is 55.5 Å². The van der Waals surface area contributed by atoms with Crippen molar-refractivity contribution < 1.29 is 14.0 Å². The first kappa shape index (κ1) is 18.0. The van der Waals surface area contributed by atoms with Crippen LogP contribution in [0, 0.1) is 0 Å². The van der Waals surface area contributed by atoms with Crippen molar-refractivity contribution in [3.05, 3.63) is 48.5 Å². The van der Waals surface area contributed by atoms with Gasteiger partial charge in [-0.05, 0) is 56.2 Å². The number of hydrogen-bond acceptors (Lipinski definition) is 4. The lowest BCUT2D eigenvalue weighted by Crippen LogP contribution is -2.47. The van der Waals surface area contributed by atoms with Crippen LogP contribution in [0.1, 0.15) is 19.8 Å². The number of hydrogen-bond donors (Lipinski definition) is 2. The van der Waals surface area contributed by atoms with Crippen LogP contribution in [0.4, 0.5) is 10.5 Å². The molecule has 7 heteroatoms. The molecule has 1 fully saturated rings. The predicted molar refractivity (Wildman–Crippen MR) is 107 cm³/mol. The highest BCUT2D eigenvalue weighted by Crippen LogP contribution is 2.26. The van der Waals surface area contributed by atoms with Crippen LogP contribution in [-0.2, 0) is 4.79 Å². The number of rotatable bonds is 4. The number of oxazole rings is 1. The molecule has 7 nitrogen and oxygen atoms in total. The molecule has 2 N–H and O–H groups in total. The predicted octanol–water partition coefficient (Wildman–Crippen LogP) is 3.63. The van der Waals surface area contributed by atoms with E-state index in [4.69, 9.17) is 4.42 Å². The van der Waals surface area contributed by atoms with E-state index in [9.17, 15) is 9.59 Å². The number of aromatic nitrogens is 1. The maximum atomic E-state index is 12.6. The van der Waals surface area contributed by atoms with Crippen LogP contribution in [0.2, 0.25) is 0 Å². The Labute approximate surface area is 162 Å². The van der Waals surface area contributed by atoms with Gasteiger partial charge < -0.3 is 20.0 Å². The van der Waals surface area contributed by atoms with Gasteiger partial charge in [0.2, 0.25) is 11.8 Å². The number of carbonyl (C=O) groups excluding carboxylic acids is 2. The normalized spacial score (nSPS) is 16.3. The molecule has 1 aliphatic heterocycles. The van der Waals surface area contributed by atoms with Crippen LogP contribution in [0.15, 0.2) is 52.9 Å². The Hall–Kier alpha value is -3.35. The second-order valence-electron chi connectivity index (χ2n) is 6.74. The lowest BCUT2D eigenvalue weighted by molar-refractivity contribution is -0.119. The van der Waals surface area contributed by atoms with Crippen LogP contribution in [-0.4, -0.2) is 41.0 Å². The smallest absolute Gasteiger partial charge is 0.318 e. The van der Waals surface area contributed by atoms with E-state index >= 15 is 0 Å². The molecule has 144 valence electrons. The molecule has 0 unspecified atom stereocenters. The zero-order chi connectivity index (χ0) is 19.5. The number of anilines is 1. The lowest BCUT2D eigenvalue weighted by atomic mass is 10.1. The zero-order valence-electron chi connectivity index (χ0n) is 15.6. The van der Waals surface area contributed by atoms with Crippen LogP contribution < -0.4 is 10.6 Å². The molecule has 0 spiro atoms. The van der Waals surface area contributed by atoms with Crippen molar-refractivity contribution in [1.29, 1.82) is 0 Å². The standard InChI is InChI=1S/C21H22N4O3/c1-2-22-21(27)25-13-5-7-17(25)19(26)23-15-11-9-14(10-12-15)20-24-16-6-3-4-8-18(16)28-20/h3-4,6,8-12,17H,2,5,7,13H2,1H3,(H,22,27)(H,23,26)/t17-/m0/s1. The van der Waals surface area contributed by atoms with Crippen molar-refractivity contribution in [2.75, 3.05) is 18.4 Å². The molecule has 1 saturated heterocycles. The summed E-state index contributed by atoms with van der Waals surface area (Å²) in [6.07, 6.45) is 1.50. The molecule has 2 heterocycles. The van der Waals surface area contributed by atoms with Crippen LogP contribution in [0.3, 0.4) is 0 Å². The minimum atomic E-state index is -0.441. The molecule has 0 radical (unpaired) electrons. The van der Waals surface area contributed by atoms with Gasteiger partial charge in [-0.2, -0.15) is 0 Å². The largest absolute Gasteiger partial charge is 0.436 e. The number of urea groups is 1. The first-order valence-electron chi connectivity index (χ1n) is 9.47. The van der Waals surface area contributed by atoms with Gasteiger partial charge in [0.25, 0.3) is 0 Å². The van der Waals surface area contributed by atoms with E-state index in [1.54, 1.807) is 4.90 Å². The molecule has 1 aromatic heterocycles. The number of likely N-dealkylation sites (tertiary alicyclic amines) is 1. The summed E-state index contributed by atoms with van der Waals surface area (Å²) in [5.74, 6) is 0.371. The third-order valence-electron chi connectivity index (χ3n) is 4.84. The van der Waals surface area contributed by atoms with E-state index in [-0.39, 0.29) is 11.9 Å². The molecule has 3 amide bonds. The van der Waals surface area contributed by atoms with Crippen molar-refractivity contribution in [1.82, 2.24) is 15.2 Å². The van der Waals surface area contributed by atoms with Gasteiger partial charge in [0.1, 0.15) is 11.6 Å². The van der Waals surface area contributed by atoms with Crippen molar-refractivity contribution >= 4 is 28.7 Å². The topological polar surface area (TPSA) is 87.5 Å². The van der Waals surface area contributed by atoms with Crippen molar-refractivity contribution in [2.24, 2.45) is 0 Å². The SMILES string of the molecule is CCNC(=O)N1CCC[C@H]1C(=O)Nc1ccc(-c2nc3ccccc3o2)cc1. The van der Waals surface area contributed by atoms with Gasteiger partial charge in [0.05, 0.1) is 0 Å². The zero-order valence-corrected chi connectivity index (χ0v) is 15.6. The molecular formula is C21H22N4O3. The van der Waals surface area contributed by atoms with E-state index in [2.05, 4.69) is 15.6 Å².